The molecule has 0 aromatic carbocycles. The largest absolute Gasteiger partial charge is 0.198 e. The van der Waals surface area contributed by atoms with Gasteiger partial charge in [0.2, 0.25) is 0 Å². The van der Waals surface area contributed by atoms with Crippen LogP contribution in [0.5, 0.6) is 0 Å². The number of hydrogen-bond acceptors (Lipinski definition) is 1. The molecular formula is C9H16N. The fourth-order valence-corrected chi connectivity index (χ4v) is 1.19. The van der Waals surface area contributed by atoms with E-state index in [1.54, 1.807) is 0 Å². The van der Waals surface area contributed by atoms with E-state index in [0.29, 0.717) is 0 Å². The van der Waals surface area contributed by atoms with Gasteiger partial charge in [-0.2, -0.15) is 5.26 Å². The second-order valence-corrected chi connectivity index (χ2v) is 4.01. The monoisotopic (exact) mass is 138 g/mol. The Kier molecular flexibility index (Phi) is 2.90. The van der Waals surface area contributed by atoms with E-state index in [1.165, 1.54) is 5.92 Å². The molecule has 0 fully saturated rings. The van der Waals surface area contributed by atoms with E-state index in [9.17, 15) is 0 Å². The molecule has 0 aliphatic heterocycles. The molecule has 1 unspecified atom stereocenters. The molecule has 1 nitrogen and oxygen atoms in total. The third-order valence-corrected chi connectivity index (χ3v) is 1.57. The third-order valence-electron chi connectivity index (χ3n) is 1.57. The normalized spacial score (nSPS) is 14.9. The zero-order valence-electron chi connectivity index (χ0n) is 7.52. The van der Waals surface area contributed by atoms with Crippen LogP contribution in [0.3, 0.4) is 0 Å². The Labute approximate surface area is 64.1 Å². The van der Waals surface area contributed by atoms with Gasteiger partial charge in [-0.1, -0.05) is 34.6 Å². The Hall–Kier alpha value is -0.510. The van der Waals surface area contributed by atoms with Crippen LogP contribution >= 0.6 is 0 Å². The molecule has 1 radical (unpaired) electrons. The summed E-state index contributed by atoms with van der Waals surface area (Å²) in [5.74, 6) is 1.29. The maximum absolute atomic E-state index is 8.76. The van der Waals surface area contributed by atoms with Crippen LogP contribution in [-0.4, -0.2) is 0 Å². The number of nitrogens with zero attached hydrogens (tertiary/aromatic N) is 1. The first-order chi connectivity index (χ1) is 4.39. The Morgan fingerprint density at radius 3 is 1.70 bits per heavy atom. The lowest BCUT2D eigenvalue weighted by molar-refractivity contribution is 0.313. The summed E-state index contributed by atoms with van der Waals surface area (Å²) in [5, 5.41) is 8.76. The molecule has 0 amide bonds. The zero-order chi connectivity index (χ0) is 8.36. The van der Waals surface area contributed by atoms with Gasteiger partial charge >= 0.3 is 0 Å². The molecular weight excluding hydrogens is 122 g/mol. The SMILES string of the molecule is C[C](C)C(C#N)C(C)(C)C. The van der Waals surface area contributed by atoms with E-state index in [1.807, 2.05) is 13.8 Å². The summed E-state index contributed by atoms with van der Waals surface area (Å²) in [7, 11) is 0. The first-order valence-corrected chi connectivity index (χ1v) is 3.59. The Morgan fingerprint density at radius 2 is 1.70 bits per heavy atom. The summed E-state index contributed by atoms with van der Waals surface area (Å²) in [6.45, 7) is 10.3. The molecule has 0 aliphatic carbocycles. The third kappa shape index (κ3) is 2.39. The lowest BCUT2D eigenvalue weighted by atomic mass is 9.75. The van der Waals surface area contributed by atoms with Crippen LogP contribution in [0, 0.1) is 28.6 Å². The lowest BCUT2D eigenvalue weighted by Crippen LogP contribution is -2.22. The molecule has 10 heavy (non-hydrogen) atoms. The van der Waals surface area contributed by atoms with Crippen molar-refractivity contribution in [1.29, 1.82) is 5.26 Å². The van der Waals surface area contributed by atoms with Gasteiger partial charge in [-0.05, 0) is 11.3 Å². The highest BCUT2D eigenvalue weighted by Gasteiger charge is 2.27. The average Bonchev–Trinajstić information content (AvgIpc) is 1.60. The van der Waals surface area contributed by atoms with Crippen LogP contribution < -0.4 is 0 Å². The Bertz CT molecular complexity index is 134. The molecule has 57 valence electrons. The smallest absolute Gasteiger partial charge is 0.0667 e. The maximum atomic E-state index is 8.76. The number of rotatable bonds is 1. The molecule has 0 aromatic rings. The van der Waals surface area contributed by atoms with Crippen LogP contribution in [0.1, 0.15) is 34.6 Å². The van der Waals surface area contributed by atoms with E-state index in [0.717, 1.165) is 0 Å². The molecule has 0 saturated carbocycles. The number of nitriles is 1. The topological polar surface area (TPSA) is 23.8 Å². The van der Waals surface area contributed by atoms with Crippen molar-refractivity contribution in [2.24, 2.45) is 11.3 Å². The first-order valence-electron chi connectivity index (χ1n) is 3.59. The van der Waals surface area contributed by atoms with Crippen LogP contribution in [0.4, 0.5) is 0 Å². The van der Waals surface area contributed by atoms with Crippen LogP contribution in [0.25, 0.3) is 0 Å². The minimum atomic E-state index is 0.0903. The molecule has 0 rings (SSSR count). The van der Waals surface area contributed by atoms with E-state index >= 15 is 0 Å². The summed E-state index contributed by atoms with van der Waals surface area (Å²) < 4.78 is 0. The molecule has 0 heterocycles. The van der Waals surface area contributed by atoms with Crippen molar-refractivity contribution in [3.05, 3.63) is 5.92 Å². The van der Waals surface area contributed by atoms with Gasteiger partial charge in [0.05, 0.1) is 12.0 Å². The average molecular weight is 138 g/mol. The van der Waals surface area contributed by atoms with E-state index < -0.39 is 0 Å². The molecule has 0 aliphatic rings. The van der Waals surface area contributed by atoms with Gasteiger partial charge in [0.25, 0.3) is 0 Å². The van der Waals surface area contributed by atoms with E-state index in [-0.39, 0.29) is 11.3 Å². The van der Waals surface area contributed by atoms with Gasteiger partial charge in [0.15, 0.2) is 0 Å². The van der Waals surface area contributed by atoms with Crippen molar-refractivity contribution < 1.29 is 0 Å². The van der Waals surface area contributed by atoms with Gasteiger partial charge in [0.1, 0.15) is 0 Å². The quantitative estimate of drug-likeness (QED) is 0.546. The van der Waals surface area contributed by atoms with Crippen molar-refractivity contribution in [3.8, 4) is 6.07 Å². The minimum absolute atomic E-state index is 0.0903. The van der Waals surface area contributed by atoms with Crippen molar-refractivity contribution in [3.63, 3.8) is 0 Å². The second-order valence-electron chi connectivity index (χ2n) is 4.01. The van der Waals surface area contributed by atoms with Crippen LogP contribution in [0.2, 0.25) is 0 Å². The molecule has 0 spiro atoms. The molecule has 0 saturated heterocycles. The summed E-state index contributed by atoms with van der Waals surface area (Å²) in [5.41, 5.74) is 0.0909. The highest BCUT2D eigenvalue weighted by molar-refractivity contribution is 5.05. The van der Waals surface area contributed by atoms with Crippen LogP contribution in [0.15, 0.2) is 0 Å². The fourth-order valence-electron chi connectivity index (χ4n) is 1.19. The summed E-state index contributed by atoms with van der Waals surface area (Å²) in [6.07, 6.45) is 0. The van der Waals surface area contributed by atoms with Gasteiger partial charge in [-0.3, -0.25) is 0 Å². The van der Waals surface area contributed by atoms with Crippen molar-refractivity contribution >= 4 is 0 Å². The van der Waals surface area contributed by atoms with Crippen molar-refractivity contribution in [2.45, 2.75) is 34.6 Å². The predicted molar refractivity (Wildman–Crippen MR) is 43.1 cm³/mol. The van der Waals surface area contributed by atoms with Gasteiger partial charge in [-0.25, -0.2) is 0 Å². The van der Waals surface area contributed by atoms with Crippen molar-refractivity contribution in [2.75, 3.05) is 0 Å². The second kappa shape index (κ2) is 3.05. The highest BCUT2D eigenvalue weighted by Crippen LogP contribution is 2.31. The Morgan fingerprint density at radius 1 is 1.30 bits per heavy atom. The molecule has 0 N–H and O–H groups in total. The molecule has 0 bridgehead atoms. The molecule has 1 atom stereocenters. The minimum Gasteiger partial charge on any atom is -0.198 e. The standard InChI is InChI=1S/C9H16N/c1-7(2)8(6-10)9(3,4)5/h8H,1-5H3. The lowest BCUT2D eigenvalue weighted by Gasteiger charge is -2.27. The van der Waals surface area contributed by atoms with E-state index in [2.05, 4.69) is 26.8 Å². The van der Waals surface area contributed by atoms with Crippen molar-refractivity contribution in [1.82, 2.24) is 0 Å². The molecule has 1 heteroatoms. The summed E-state index contributed by atoms with van der Waals surface area (Å²) >= 11 is 0. The highest BCUT2D eigenvalue weighted by atomic mass is 14.4. The first kappa shape index (κ1) is 9.49. The zero-order valence-corrected chi connectivity index (χ0v) is 7.52. The summed E-state index contributed by atoms with van der Waals surface area (Å²) in [4.78, 5) is 0. The van der Waals surface area contributed by atoms with E-state index in [4.69, 9.17) is 5.26 Å². The fraction of sp³-hybridized carbons (Fsp3) is 0.778. The number of hydrogen-bond donors (Lipinski definition) is 0. The molecule has 0 aromatic heterocycles. The predicted octanol–water partition coefficient (Wildman–Crippen LogP) is 2.79. The van der Waals surface area contributed by atoms with Crippen LogP contribution in [-0.2, 0) is 0 Å². The Balaban J connectivity index is 4.26. The summed E-state index contributed by atoms with van der Waals surface area (Å²) in [6, 6.07) is 2.30. The van der Waals surface area contributed by atoms with Gasteiger partial charge in [-0.15, -0.1) is 0 Å². The maximum Gasteiger partial charge on any atom is 0.0667 e. The van der Waals surface area contributed by atoms with Gasteiger partial charge in [0, 0.05) is 0 Å². The van der Waals surface area contributed by atoms with Gasteiger partial charge < -0.3 is 0 Å².